The molecule has 0 aliphatic rings. The molecule has 5 nitrogen and oxygen atoms in total. The van der Waals surface area contributed by atoms with Crippen molar-refractivity contribution in [1.82, 2.24) is 9.97 Å². The van der Waals surface area contributed by atoms with E-state index in [-0.39, 0.29) is 0 Å². The molecule has 0 saturated carbocycles. The van der Waals surface area contributed by atoms with Crippen LogP contribution in [0.1, 0.15) is 5.56 Å². The minimum absolute atomic E-state index is 0.507. The highest BCUT2D eigenvalue weighted by molar-refractivity contribution is 5.40. The molecule has 2 rings (SSSR count). The third-order valence-electron chi connectivity index (χ3n) is 2.52. The Morgan fingerprint density at radius 2 is 2.00 bits per heavy atom. The fourth-order valence-corrected chi connectivity index (χ4v) is 1.55. The summed E-state index contributed by atoms with van der Waals surface area (Å²) in [4.78, 5) is 8.25. The molecule has 94 valence electrons. The van der Waals surface area contributed by atoms with Crippen LogP contribution in [0.15, 0.2) is 36.7 Å². The second-order valence-electron chi connectivity index (χ2n) is 3.87. The van der Waals surface area contributed by atoms with Gasteiger partial charge in [-0.3, -0.25) is 4.98 Å². The largest absolute Gasteiger partial charge is 0.480 e. The monoisotopic (exact) mass is 244 g/mol. The Labute approximate surface area is 106 Å². The second kappa shape index (κ2) is 5.86. The Bertz CT molecular complexity index is 499. The first kappa shape index (κ1) is 12.2. The van der Waals surface area contributed by atoms with Crippen molar-refractivity contribution in [2.24, 2.45) is 0 Å². The van der Waals surface area contributed by atoms with E-state index in [0.717, 1.165) is 18.7 Å². The van der Waals surface area contributed by atoms with Crippen molar-refractivity contribution in [3.8, 4) is 5.88 Å². The highest BCUT2D eigenvalue weighted by Gasteiger charge is 1.98. The molecule has 0 aliphatic heterocycles. The van der Waals surface area contributed by atoms with Gasteiger partial charge in [0.05, 0.1) is 19.5 Å². The number of nitrogens with two attached hydrogens (primary N) is 1. The first-order valence-corrected chi connectivity index (χ1v) is 5.72. The molecule has 1 aromatic carbocycles. The van der Waals surface area contributed by atoms with Crippen LogP contribution in [0, 0.1) is 0 Å². The van der Waals surface area contributed by atoms with E-state index in [9.17, 15) is 0 Å². The molecule has 5 heteroatoms. The number of nitrogens with one attached hydrogen (secondary N) is 1. The lowest BCUT2D eigenvalue weighted by Gasteiger charge is -2.06. The summed E-state index contributed by atoms with van der Waals surface area (Å²) in [7, 11) is 1.57. The summed E-state index contributed by atoms with van der Waals surface area (Å²) in [5.74, 6) is 1.22. The van der Waals surface area contributed by atoms with Crippen molar-refractivity contribution >= 4 is 11.5 Å². The zero-order valence-electron chi connectivity index (χ0n) is 10.3. The SMILES string of the molecule is COc1cncc(NCCc2ccc(N)cc2)n1. The fourth-order valence-electron chi connectivity index (χ4n) is 1.55. The first-order chi connectivity index (χ1) is 8.78. The van der Waals surface area contributed by atoms with Gasteiger partial charge in [0.1, 0.15) is 5.82 Å². The zero-order chi connectivity index (χ0) is 12.8. The third kappa shape index (κ3) is 3.35. The van der Waals surface area contributed by atoms with Gasteiger partial charge in [0.25, 0.3) is 0 Å². The average molecular weight is 244 g/mol. The number of anilines is 2. The van der Waals surface area contributed by atoms with E-state index in [1.54, 1.807) is 19.5 Å². The van der Waals surface area contributed by atoms with Gasteiger partial charge in [0.2, 0.25) is 5.88 Å². The maximum absolute atomic E-state index is 5.63. The number of rotatable bonds is 5. The Morgan fingerprint density at radius 3 is 2.72 bits per heavy atom. The minimum atomic E-state index is 0.507. The van der Waals surface area contributed by atoms with Crippen LogP contribution in [-0.4, -0.2) is 23.6 Å². The Balaban J connectivity index is 1.86. The Kier molecular flexibility index (Phi) is 3.96. The molecule has 2 aromatic rings. The standard InChI is InChI=1S/C13H16N4O/c1-18-13-9-15-8-12(17-13)16-7-6-10-2-4-11(14)5-3-10/h2-5,8-9H,6-7,14H2,1H3,(H,16,17). The molecule has 0 unspecified atom stereocenters. The van der Waals surface area contributed by atoms with Gasteiger partial charge in [-0.05, 0) is 24.1 Å². The van der Waals surface area contributed by atoms with E-state index in [4.69, 9.17) is 10.5 Å². The fraction of sp³-hybridized carbons (Fsp3) is 0.231. The van der Waals surface area contributed by atoms with Crippen LogP contribution >= 0.6 is 0 Å². The lowest BCUT2D eigenvalue weighted by molar-refractivity contribution is 0.396. The Hall–Kier alpha value is -2.30. The van der Waals surface area contributed by atoms with Gasteiger partial charge in [0.15, 0.2) is 0 Å². The maximum atomic E-state index is 5.63. The van der Waals surface area contributed by atoms with E-state index < -0.39 is 0 Å². The van der Waals surface area contributed by atoms with Gasteiger partial charge >= 0.3 is 0 Å². The highest BCUT2D eigenvalue weighted by atomic mass is 16.5. The quantitative estimate of drug-likeness (QED) is 0.783. The van der Waals surface area contributed by atoms with E-state index >= 15 is 0 Å². The molecule has 3 N–H and O–H groups in total. The number of aromatic nitrogens is 2. The van der Waals surface area contributed by atoms with E-state index in [1.807, 2.05) is 24.3 Å². The summed E-state index contributed by atoms with van der Waals surface area (Å²) in [5.41, 5.74) is 7.64. The van der Waals surface area contributed by atoms with Crippen molar-refractivity contribution in [2.75, 3.05) is 24.7 Å². The van der Waals surface area contributed by atoms with Crippen molar-refractivity contribution < 1.29 is 4.74 Å². The molecule has 0 atom stereocenters. The van der Waals surface area contributed by atoms with Crippen LogP contribution in [0.25, 0.3) is 0 Å². The molecule has 0 radical (unpaired) electrons. The lowest BCUT2D eigenvalue weighted by atomic mass is 10.1. The topological polar surface area (TPSA) is 73.1 Å². The molecule has 18 heavy (non-hydrogen) atoms. The average Bonchev–Trinajstić information content (AvgIpc) is 2.41. The minimum Gasteiger partial charge on any atom is -0.480 e. The van der Waals surface area contributed by atoms with Crippen LogP contribution < -0.4 is 15.8 Å². The summed E-state index contributed by atoms with van der Waals surface area (Å²) in [5, 5.41) is 3.20. The van der Waals surface area contributed by atoms with E-state index in [1.165, 1.54) is 5.56 Å². The lowest BCUT2D eigenvalue weighted by Crippen LogP contribution is -2.07. The molecule has 0 aliphatic carbocycles. The van der Waals surface area contributed by atoms with Gasteiger partial charge in [-0.1, -0.05) is 12.1 Å². The number of ether oxygens (including phenoxy) is 1. The van der Waals surface area contributed by atoms with Crippen molar-refractivity contribution in [3.05, 3.63) is 42.2 Å². The number of hydrogen-bond donors (Lipinski definition) is 2. The van der Waals surface area contributed by atoms with Crippen molar-refractivity contribution in [1.29, 1.82) is 0 Å². The predicted molar refractivity (Wildman–Crippen MR) is 71.6 cm³/mol. The molecule has 0 saturated heterocycles. The predicted octanol–water partition coefficient (Wildman–Crippen LogP) is 1.72. The summed E-state index contributed by atoms with van der Waals surface area (Å²) < 4.78 is 5.01. The van der Waals surface area contributed by atoms with E-state index in [0.29, 0.717) is 11.7 Å². The third-order valence-corrected chi connectivity index (χ3v) is 2.52. The zero-order valence-corrected chi connectivity index (χ0v) is 10.3. The van der Waals surface area contributed by atoms with Gasteiger partial charge < -0.3 is 15.8 Å². The molecule has 1 heterocycles. The van der Waals surface area contributed by atoms with Crippen LogP contribution in [0.2, 0.25) is 0 Å². The first-order valence-electron chi connectivity index (χ1n) is 5.72. The molecule has 1 aromatic heterocycles. The van der Waals surface area contributed by atoms with Crippen molar-refractivity contribution in [3.63, 3.8) is 0 Å². The maximum Gasteiger partial charge on any atom is 0.233 e. The Morgan fingerprint density at radius 1 is 1.22 bits per heavy atom. The number of benzene rings is 1. The van der Waals surface area contributed by atoms with Gasteiger partial charge in [0, 0.05) is 12.2 Å². The number of methoxy groups -OCH3 is 1. The second-order valence-corrected chi connectivity index (χ2v) is 3.87. The normalized spacial score (nSPS) is 10.1. The van der Waals surface area contributed by atoms with E-state index in [2.05, 4.69) is 15.3 Å². The molecule has 0 amide bonds. The summed E-state index contributed by atoms with van der Waals surface area (Å²) in [6.45, 7) is 0.783. The van der Waals surface area contributed by atoms with Gasteiger partial charge in [-0.15, -0.1) is 0 Å². The van der Waals surface area contributed by atoms with Gasteiger partial charge in [-0.2, -0.15) is 4.98 Å². The van der Waals surface area contributed by atoms with Crippen LogP contribution in [0.4, 0.5) is 11.5 Å². The number of nitrogens with zero attached hydrogens (tertiary/aromatic N) is 2. The van der Waals surface area contributed by atoms with Crippen LogP contribution in [0.5, 0.6) is 5.88 Å². The smallest absolute Gasteiger partial charge is 0.233 e. The summed E-state index contributed by atoms with van der Waals surface area (Å²) >= 11 is 0. The number of hydrogen-bond acceptors (Lipinski definition) is 5. The van der Waals surface area contributed by atoms with Crippen molar-refractivity contribution in [2.45, 2.75) is 6.42 Å². The number of nitrogen functional groups attached to an aromatic ring is 1. The summed E-state index contributed by atoms with van der Waals surface area (Å²) in [6, 6.07) is 7.85. The molecule has 0 fully saturated rings. The molecular weight excluding hydrogens is 228 g/mol. The highest BCUT2D eigenvalue weighted by Crippen LogP contribution is 2.09. The molecular formula is C13H16N4O. The summed E-state index contributed by atoms with van der Waals surface area (Å²) in [6.07, 6.45) is 4.15. The molecule has 0 spiro atoms. The van der Waals surface area contributed by atoms with Crippen LogP contribution in [0.3, 0.4) is 0 Å². The van der Waals surface area contributed by atoms with Gasteiger partial charge in [-0.25, -0.2) is 0 Å². The van der Waals surface area contributed by atoms with Crippen LogP contribution in [-0.2, 0) is 6.42 Å². The molecule has 0 bridgehead atoms.